The van der Waals surface area contributed by atoms with Crippen molar-refractivity contribution in [2.45, 2.75) is 19.8 Å². The molecule has 1 heterocycles. The van der Waals surface area contributed by atoms with E-state index in [0.29, 0.717) is 10.7 Å². The van der Waals surface area contributed by atoms with Crippen LogP contribution in [0.1, 0.15) is 25.3 Å². The number of methoxy groups -OCH3 is 1. The third-order valence-electron chi connectivity index (χ3n) is 3.71. The van der Waals surface area contributed by atoms with Gasteiger partial charge in [-0.2, -0.15) is 0 Å². The molecule has 108 valence electrons. The van der Waals surface area contributed by atoms with Crippen molar-refractivity contribution in [2.75, 3.05) is 7.11 Å². The van der Waals surface area contributed by atoms with E-state index in [1.54, 1.807) is 7.11 Å². The first-order valence-electron chi connectivity index (χ1n) is 6.99. The molecule has 3 nitrogen and oxygen atoms in total. The van der Waals surface area contributed by atoms with Gasteiger partial charge in [0.25, 0.3) is 0 Å². The van der Waals surface area contributed by atoms with Gasteiger partial charge >= 0.3 is 0 Å². The third kappa shape index (κ3) is 2.47. The van der Waals surface area contributed by atoms with Crippen LogP contribution in [0.4, 0.5) is 0 Å². The van der Waals surface area contributed by atoms with E-state index in [1.807, 2.05) is 22.8 Å². The summed E-state index contributed by atoms with van der Waals surface area (Å²) in [6.07, 6.45) is 0. The Morgan fingerprint density at radius 3 is 2.43 bits per heavy atom. The Kier molecular flexibility index (Phi) is 3.55. The molecule has 1 aromatic heterocycles. The highest BCUT2D eigenvalue weighted by atomic mass is 32.1. The highest BCUT2D eigenvalue weighted by Crippen LogP contribution is 2.25. The number of imidazole rings is 1. The largest absolute Gasteiger partial charge is 0.497 e. The molecule has 4 heteroatoms. The molecule has 0 atom stereocenters. The molecule has 3 aromatic rings. The van der Waals surface area contributed by atoms with E-state index >= 15 is 0 Å². The molecule has 0 aliphatic heterocycles. The summed E-state index contributed by atoms with van der Waals surface area (Å²) in [7, 11) is 1.67. The lowest BCUT2D eigenvalue weighted by Gasteiger charge is -2.09. The van der Waals surface area contributed by atoms with Gasteiger partial charge in [-0.1, -0.05) is 26.0 Å². The normalized spacial score (nSPS) is 11.2. The van der Waals surface area contributed by atoms with E-state index < -0.39 is 0 Å². The van der Waals surface area contributed by atoms with Gasteiger partial charge in [0, 0.05) is 11.8 Å². The van der Waals surface area contributed by atoms with E-state index in [9.17, 15) is 0 Å². The fourth-order valence-corrected chi connectivity index (χ4v) is 2.79. The molecule has 0 bridgehead atoms. The predicted octanol–water partition coefficient (Wildman–Crippen LogP) is 4.82. The molecule has 0 fully saturated rings. The summed E-state index contributed by atoms with van der Waals surface area (Å²) in [4.78, 5) is 3.24. The number of nitrogens with one attached hydrogen (secondary N) is 1. The Morgan fingerprint density at radius 1 is 1.10 bits per heavy atom. The predicted molar refractivity (Wildman–Crippen MR) is 89.1 cm³/mol. The van der Waals surface area contributed by atoms with E-state index in [1.165, 1.54) is 5.56 Å². The quantitative estimate of drug-likeness (QED) is 0.703. The second kappa shape index (κ2) is 5.37. The summed E-state index contributed by atoms with van der Waals surface area (Å²) >= 11 is 5.47. The minimum Gasteiger partial charge on any atom is -0.497 e. The number of fused-ring (bicyclic) bond motifs is 1. The molecule has 0 spiro atoms. The van der Waals surface area contributed by atoms with Crippen molar-refractivity contribution in [2.24, 2.45) is 0 Å². The zero-order valence-electron chi connectivity index (χ0n) is 12.4. The molecule has 0 amide bonds. The van der Waals surface area contributed by atoms with Crippen LogP contribution in [0.5, 0.6) is 5.75 Å². The number of hydrogen-bond acceptors (Lipinski definition) is 2. The van der Waals surface area contributed by atoms with Crippen LogP contribution in [-0.4, -0.2) is 16.7 Å². The monoisotopic (exact) mass is 298 g/mol. The molecular formula is C17H18N2OS. The molecule has 3 rings (SSSR count). The second-order valence-corrected chi connectivity index (χ2v) is 5.78. The summed E-state index contributed by atoms with van der Waals surface area (Å²) in [5.74, 6) is 1.35. The van der Waals surface area contributed by atoms with Gasteiger partial charge in [-0.05, 0) is 48.0 Å². The van der Waals surface area contributed by atoms with Crippen molar-refractivity contribution >= 4 is 23.3 Å². The zero-order valence-corrected chi connectivity index (χ0v) is 13.2. The Bertz CT molecular complexity index is 828. The van der Waals surface area contributed by atoms with Crippen LogP contribution in [0.25, 0.3) is 16.7 Å². The average Bonchev–Trinajstić information content (AvgIpc) is 2.82. The first-order chi connectivity index (χ1) is 10.1. The van der Waals surface area contributed by atoms with Gasteiger partial charge in [0.1, 0.15) is 5.75 Å². The summed E-state index contributed by atoms with van der Waals surface area (Å²) in [6.45, 7) is 4.38. The van der Waals surface area contributed by atoms with Crippen LogP contribution in [0.15, 0.2) is 42.5 Å². The number of rotatable bonds is 3. The van der Waals surface area contributed by atoms with Crippen LogP contribution in [0, 0.1) is 4.77 Å². The zero-order chi connectivity index (χ0) is 15.0. The van der Waals surface area contributed by atoms with Gasteiger partial charge in [0.15, 0.2) is 4.77 Å². The molecule has 2 aromatic carbocycles. The maximum atomic E-state index is 5.47. The van der Waals surface area contributed by atoms with Gasteiger partial charge in [-0.15, -0.1) is 0 Å². The molecule has 0 unspecified atom stereocenters. The fourth-order valence-electron chi connectivity index (χ4n) is 2.47. The first kappa shape index (κ1) is 13.9. The molecule has 21 heavy (non-hydrogen) atoms. The van der Waals surface area contributed by atoms with Gasteiger partial charge in [0.2, 0.25) is 0 Å². The number of nitrogens with zero attached hydrogens (tertiary/aromatic N) is 1. The Morgan fingerprint density at radius 2 is 1.81 bits per heavy atom. The van der Waals surface area contributed by atoms with E-state index in [4.69, 9.17) is 17.0 Å². The van der Waals surface area contributed by atoms with Crippen LogP contribution in [0.3, 0.4) is 0 Å². The van der Waals surface area contributed by atoms with Crippen molar-refractivity contribution < 1.29 is 4.74 Å². The van der Waals surface area contributed by atoms with Crippen LogP contribution in [-0.2, 0) is 0 Å². The van der Waals surface area contributed by atoms with Crippen LogP contribution in [0.2, 0.25) is 0 Å². The van der Waals surface area contributed by atoms with Gasteiger partial charge in [-0.25, -0.2) is 0 Å². The standard InChI is InChI=1S/C17H18N2OS/c1-11(2)12-4-6-13(7-5-12)19-16-10-14(20-3)8-9-15(16)18-17(19)21/h4-11H,1-3H3,(H,18,21). The lowest BCUT2D eigenvalue weighted by atomic mass is 10.0. The number of benzene rings is 2. The van der Waals surface area contributed by atoms with Crippen molar-refractivity contribution in [3.05, 3.63) is 52.8 Å². The lowest BCUT2D eigenvalue weighted by Crippen LogP contribution is -1.95. The van der Waals surface area contributed by atoms with Crippen LogP contribution >= 0.6 is 12.2 Å². The number of aromatic nitrogens is 2. The van der Waals surface area contributed by atoms with Gasteiger partial charge < -0.3 is 9.72 Å². The Balaban J connectivity index is 2.19. The summed E-state index contributed by atoms with van der Waals surface area (Å²) < 4.78 is 8.04. The van der Waals surface area contributed by atoms with Crippen molar-refractivity contribution in [1.29, 1.82) is 0 Å². The SMILES string of the molecule is COc1ccc2[nH]c(=S)n(-c3ccc(C(C)C)cc3)c2c1. The topological polar surface area (TPSA) is 29.9 Å². The second-order valence-electron chi connectivity index (χ2n) is 5.39. The fraction of sp³-hybridized carbons (Fsp3) is 0.235. The van der Waals surface area contributed by atoms with Crippen molar-refractivity contribution in [1.82, 2.24) is 9.55 Å². The number of ether oxygens (including phenoxy) is 1. The molecule has 0 aliphatic carbocycles. The highest BCUT2D eigenvalue weighted by molar-refractivity contribution is 7.71. The van der Waals surface area contributed by atoms with Crippen LogP contribution < -0.4 is 4.74 Å². The van der Waals surface area contributed by atoms with Gasteiger partial charge in [0.05, 0.1) is 18.1 Å². The Hall–Kier alpha value is -2.07. The molecule has 0 radical (unpaired) electrons. The van der Waals surface area contributed by atoms with Crippen molar-refractivity contribution in [3.8, 4) is 11.4 Å². The average molecular weight is 298 g/mol. The summed E-state index contributed by atoms with van der Waals surface area (Å²) in [5.41, 5.74) is 4.41. The number of H-pyrrole nitrogens is 1. The number of aromatic amines is 1. The smallest absolute Gasteiger partial charge is 0.182 e. The van der Waals surface area contributed by atoms with Gasteiger partial charge in [-0.3, -0.25) is 4.57 Å². The maximum Gasteiger partial charge on any atom is 0.182 e. The van der Waals surface area contributed by atoms with E-state index in [2.05, 4.69) is 43.1 Å². The molecule has 0 saturated carbocycles. The first-order valence-corrected chi connectivity index (χ1v) is 7.40. The minimum absolute atomic E-state index is 0.523. The highest BCUT2D eigenvalue weighted by Gasteiger charge is 2.08. The molecular weight excluding hydrogens is 280 g/mol. The molecule has 0 aliphatic rings. The molecule has 1 N–H and O–H groups in total. The lowest BCUT2D eigenvalue weighted by molar-refractivity contribution is 0.415. The Labute approximate surface area is 129 Å². The van der Waals surface area contributed by atoms with E-state index in [-0.39, 0.29) is 0 Å². The van der Waals surface area contributed by atoms with Crippen molar-refractivity contribution in [3.63, 3.8) is 0 Å². The number of hydrogen-bond donors (Lipinski definition) is 1. The summed E-state index contributed by atoms with van der Waals surface area (Å²) in [5, 5.41) is 0. The van der Waals surface area contributed by atoms with E-state index in [0.717, 1.165) is 22.5 Å². The third-order valence-corrected chi connectivity index (χ3v) is 3.99. The maximum absolute atomic E-state index is 5.47. The minimum atomic E-state index is 0.523. The molecule has 0 saturated heterocycles. The summed E-state index contributed by atoms with van der Waals surface area (Å²) in [6, 6.07) is 14.4.